The van der Waals surface area contributed by atoms with Crippen LogP contribution in [0.15, 0.2) is 28.7 Å². The number of rotatable bonds is 2. The lowest BCUT2D eigenvalue weighted by Crippen LogP contribution is -2.06. The topological polar surface area (TPSA) is 61.6 Å². The van der Waals surface area contributed by atoms with Gasteiger partial charge in [-0.2, -0.15) is 18.4 Å². The summed E-state index contributed by atoms with van der Waals surface area (Å²) in [4.78, 5) is 7.93. The molecule has 21 heavy (non-hydrogen) atoms. The fourth-order valence-electron chi connectivity index (χ4n) is 1.60. The second-order valence-electron chi connectivity index (χ2n) is 4.15. The number of aryl methyl sites for hydroxylation is 1. The van der Waals surface area contributed by atoms with Gasteiger partial charge in [-0.05, 0) is 47.1 Å². The van der Waals surface area contributed by atoms with E-state index in [-0.39, 0.29) is 17.3 Å². The van der Waals surface area contributed by atoms with E-state index in [1.54, 1.807) is 6.92 Å². The van der Waals surface area contributed by atoms with Gasteiger partial charge in [0, 0.05) is 10.2 Å². The zero-order valence-electron chi connectivity index (χ0n) is 10.7. The third-order valence-corrected chi connectivity index (χ3v) is 3.20. The first-order valence-electron chi connectivity index (χ1n) is 5.69. The van der Waals surface area contributed by atoms with E-state index in [2.05, 4.69) is 31.2 Å². The fraction of sp³-hybridized carbons (Fsp3) is 0.154. The van der Waals surface area contributed by atoms with Crippen LogP contribution >= 0.6 is 15.9 Å². The Bertz CT molecular complexity index is 722. The van der Waals surface area contributed by atoms with E-state index in [4.69, 9.17) is 5.26 Å². The lowest BCUT2D eigenvalue weighted by atomic mass is 10.2. The molecule has 0 spiro atoms. The van der Waals surface area contributed by atoms with E-state index in [1.165, 1.54) is 12.1 Å². The number of benzene rings is 1. The zero-order chi connectivity index (χ0) is 15.6. The maximum Gasteiger partial charge on any atom is 0.416 e. The molecule has 2 rings (SSSR count). The molecule has 0 radical (unpaired) electrons. The first kappa shape index (κ1) is 15.3. The summed E-state index contributed by atoms with van der Waals surface area (Å²) in [6.07, 6.45) is -4.44. The van der Waals surface area contributed by atoms with Crippen LogP contribution in [-0.2, 0) is 6.18 Å². The Kier molecular flexibility index (Phi) is 4.14. The number of hydrogen-bond acceptors (Lipinski definition) is 4. The Morgan fingerprint density at radius 1 is 1.24 bits per heavy atom. The van der Waals surface area contributed by atoms with Crippen LogP contribution < -0.4 is 5.32 Å². The predicted octanol–water partition coefficient (Wildman–Crippen LogP) is 4.18. The van der Waals surface area contributed by atoms with Crippen molar-refractivity contribution < 1.29 is 13.2 Å². The summed E-state index contributed by atoms with van der Waals surface area (Å²) in [7, 11) is 0. The first-order chi connectivity index (χ1) is 9.79. The summed E-state index contributed by atoms with van der Waals surface area (Å²) in [5.74, 6) is 0.0616. The molecule has 0 saturated carbocycles. The highest BCUT2D eigenvalue weighted by atomic mass is 79.9. The summed E-state index contributed by atoms with van der Waals surface area (Å²) in [5.41, 5.74) is 0.0425. The molecule has 0 atom stereocenters. The highest BCUT2D eigenvalue weighted by Crippen LogP contribution is 2.34. The van der Waals surface area contributed by atoms with Crippen LogP contribution in [0.25, 0.3) is 0 Å². The lowest BCUT2D eigenvalue weighted by molar-refractivity contribution is -0.137. The van der Waals surface area contributed by atoms with Gasteiger partial charge in [-0.1, -0.05) is 0 Å². The molecule has 0 amide bonds. The van der Waals surface area contributed by atoms with Crippen molar-refractivity contribution in [2.24, 2.45) is 0 Å². The highest BCUT2D eigenvalue weighted by Gasteiger charge is 2.31. The van der Waals surface area contributed by atoms with Crippen LogP contribution in [0, 0.1) is 18.3 Å². The molecule has 2 aromatic rings. The Balaban J connectivity index is 2.40. The zero-order valence-corrected chi connectivity index (χ0v) is 12.2. The third kappa shape index (κ3) is 3.70. The molecular weight excluding hydrogens is 349 g/mol. The third-order valence-electron chi connectivity index (χ3n) is 2.51. The van der Waals surface area contributed by atoms with Gasteiger partial charge in [-0.15, -0.1) is 0 Å². The van der Waals surface area contributed by atoms with Gasteiger partial charge in [0.15, 0.2) is 0 Å². The van der Waals surface area contributed by atoms with E-state index in [9.17, 15) is 13.2 Å². The summed E-state index contributed by atoms with van der Waals surface area (Å²) in [6, 6.07) is 6.54. The highest BCUT2D eigenvalue weighted by molar-refractivity contribution is 9.10. The molecule has 0 aliphatic carbocycles. The van der Waals surface area contributed by atoms with E-state index >= 15 is 0 Å². The first-order valence-corrected chi connectivity index (χ1v) is 6.48. The number of nitrogens with zero attached hydrogens (tertiary/aromatic N) is 3. The Morgan fingerprint density at radius 3 is 2.57 bits per heavy atom. The molecule has 8 heteroatoms. The molecule has 1 aromatic heterocycles. The SMILES string of the molecule is Cc1cc(C#N)nc(Nc2cc(C(F)(F)F)ccc2Br)n1. The second-order valence-corrected chi connectivity index (χ2v) is 5.00. The van der Waals surface area contributed by atoms with Gasteiger partial charge in [0.25, 0.3) is 0 Å². The van der Waals surface area contributed by atoms with Crippen LogP contribution in [0.5, 0.6) is 0 Å². The summed E-state index contributed by atoms with van der Waals surface area (Å²) < 4.78 is 38.5. The largest absolute Gasteiger partial charge is 0.416 e. The van der Waals surface area contributed by atoms with Crippen molar-refractivity contribution in [2.45, 2.75) is 13.1 Å². The molecule has 1 heterocycles. The molecule has 0 aliphatic rings. The van der Waals surface area contributed by atoms with Gasteiger partial charge < -0.3 is 5.32 Å². The number of aromatic nitrogens is 2. The smallest absolute Gasteiger partial charge is 0.323 e. The number of nitrogens with one attached hydrogen (secondary N) is 1. The Morgan fingerprint density at radius 2 is 1.95 bits per heavy atom. The van der Waals surface area contributed by atoms with Crippen molar-refractivity contribution in [1.29, 1.82) is 5.26 Å². The van der Waals surface area contributed by atoms with E-state index in [1.807, 2.05) is 6.07 Å². The number of nitriles is 1. The fourth-order valence-corrected chi connectivity index (χ4v) is 1.95. The monoisotopic (exact) mass is 356 g/mol. The Labute approximate surface area is 126 Å². The standard InChI is InChI=1S/C13H8BrF3N4/c1-7-4-9(6-18)20-12(19-7)21-11-5-8(13(15,16)17)2-3-10(11)14/h2-5H,1H3,(H,19,20,21). The molecular formula is C13H8BrF3N4. The van der Waals surface area contributed by atoms with Gasteiger partial charge in [0.1, 0.15) is 11.8 Å². The van der Waals surface area contributed by atoms with Crippen LogP contribution in [0.2, 0.25) is 0 Å². The van der Waals surface area contributed by atoms with E-state index in [0.29, 0.717) is 10.2 Å². The molecule has 0 aliphatic heterocycles. The van der Waals surface area contributed by atoms with Crippen LogP contribution in [0.3, 0.4) is 0 Å². The minimum Gasteiger partial charge on any atom is -0.323 e. The predicted molar refractivity (Wildman–Crippen MR) is 73.9 cm³/mol. The van der Waals surface area contributed by atoms with Crippen molar-refractivity contribution in [1.82, 2.24) is 9.97 Å². The van der Waals surface area contributed by atoms with Gasteiger partial charge in [0.2, 0.25) is 5.95 Å². The molecule has 0 unspecified atom stereocenters. The maximum absolute atomic E-state index is 12.7. The van der Waals surface area contributed by atoms with Gasteiger partial charge in [-0.3, -0.25) is 0 Å². The van der Waals surface area contributed by atoms with E-state index < -0.39 is 11.7 Å². The Hall–Kier alpha value is -2.14. The van der Waals surface area contributed by atoms with Crippen LogP contribution in [0.4, 0.5) is 24.8 Å². The van der Waals surface area contributed by atoms with Gasteiger partial charge >= 0.3 is 6.18 Å². The van der Waals surface area contributed by atoms with Crippen LogP contribution in [0.1, 0.15) is 17.0 Å². The summed E-state index contributed by atoms with van der Waals surface area (Å²) >= 11 is 3.16. The van der Waals surface area contributed by atoms with Crippen molar-refractivity contribution in [2.75, 3.05) is 5.32 Å². The number of halogens is 4. The molecule has 4 nitrogen and oxygen atoms in total. The average molecular weight is 357 g/mol. The van der Waals surface area contributed by atoms with Crippen molar-refractivity contribution in [3.8, 4) is 6.07 Å². The minimum absolute atomic E-state index is 0.0616. The number of hydrogen-bond donors (Lipinski definition) is 1. The molecule has 0 saturated heterocycles. The van der Waals surface area contributed by atoms with Crippen molar-refractivity contribution in [3.63, 3.8) is 0 Å². The quantitative estimate of drug-likeness (QED) is 0.876. The lowest BCUT2D eigenvalue weighted by Gasteiger charge is -2.12. The summed E-state index contributed by atoms with van der Waals surface area (Å²) in [6.45, 7) is 1.66. The van der Waals surface area contributed by atoms with Crippen LogP contribution in [-0.4, -0.2) is 9.97 Å². The van der Waals surface area contributed by atoms with E-state index in [0.717, 1.165) is 12.1 Å². The average Bonchev–Trinajstić information content (AvgIpc) is 2.39. The molecule has 1 N–H and O–H groups in total. The second kappa shape index (κ2) is 5.69. The number of anilines is 2. The van der Waals surface area contributed by atoms with Crippen molar-refractivity contribution in [3.05, 3.63) is 45.7 Å². The normalized spacial score (nSPS) is 11.0. The summed E-state index contributed by atoms with van der Waals surface area (Å²) in [5, 5.41) is 11.5. The van der Waals surface area contributed by atoms with Crippen molar-refractivity contribution >= 4 is 27.6 Å². The molecule has 0 fully saturated rings. The van der Waals surface area contributed by atoms with Gasteiger partial charge in [0.05, 0.1) is 11.3 Å². The maximum atomic E-state index is 12.7. The number of alkyl halides is 3. The minimum atomic E-state index is -4.44. The molecule has 108 valence electrons. The van der Waals surface area contributed by atoms with Gasteiger partial charge in [-0.25, -0.2) is 9.97 Å². The molecule has 0 bridgehead atoms. The molecule has 1 aromatic carbocycles.